The minimum atomic E-state index is -4.39. The van der Waals surface area contributed by atoms with Crippen molar-refractivity contribution in [2.24, 2.45) is 10.8 Å². The average molecular weight is 464 g/mol. The lowest BCUT2D eigenvalue weighted by atomic mass is 9.69. The average Bonchev–Trinajstić information content (AvgIpc) is 2.64. The molecular weight excluding hydrogens is 431 g/mol. The number of nitrogens with one attached hydrogen (secondary N) is 1. The standard InChI is InChI=1S/C18H32F3NO7S/c1-5-16(3,14(24)29-9-7-23)11-17(4,10-13(2)30(26)27)15(25)28-8-6-22-12-18(19,20)21/h13,22-23H,5-12H2,1-4H3,(H,26,27). The molecule has 0 heterocycles. The second-order valence-corrected chi connectivity index (χ2v) is 9.09. The zero-order valence-electron chi connectivity index (χ0n) is 17.7. The SMILES string of the molecule is CCC(C)(CC(C)(CC(C)S(=O)O)C(=O)OCCNCC(F)(F)F)C(=O)OCCO. The largest absolute Gasteiger partial charge is 0.464 e. The summed E-state index contributed by atoms with van der Waals surface area (Å²) in [5.74, 6) is -1.43. The number of ether oxygens (including phenoxy) is 2. The highest BCUT2D eigenvalue weighted by molar-refractivity contribution is 7.79. The van der Waals surface area contributed by atoms with E-state index in [0.717, 1.165) is 0 Å². The van der Waals surface area contributed by atoms with Gasteiger partial charge in [-0.3, -0.25) is 9.59 Å². The Bertz CT molecular complexity index is 591. The number of rotatable bonds is 14. The van der Waals surface area contributed by atoms with Crippen molar-refractivity contribution < 1.29 is 46.1 Å². The minimum absolute atomic E-state index is 0.0723. The van der Waals surface area contributed by atoms with Crippen molar-refractivity contribution in [1.82, 2.24) is 5.32 Å². The van der Waals surface area contributed by atoms with Crippen molar-refractivity contribution in [3.8, 4) is 0 Å². The van der Waals surface area contributed by atoms with Crippen LogP contribution in [0.15, 0.2) is 0 Å². The van der Waals surface area contributed by atoms with E-state index in [2.05, 4.69) is 5.32 Å². The third kappa shape index (κ3) is 10.2. The van der Waals surface area contributed by atoms with Gasteiger partial charge < -0.3 is 24.4 Å². The highest BCUT2D eigenvalue weighted by Gasteiger charge is 2.46. The number of carbonyl (C=O) groups excluding carboxylic acids is 2. The molecule has 0 radical (unpaired) electrons. The molecule has 0 bridgehead atoms. The molecule has 30 heavy (non-hydrogen) atoms. The van der Waals surface area contributed by atoms with Crippen molar-refractivity contribution in [1.29, 1.82) is 0 Å². The Morgan fingerprint density at radius 3 is 2.10 bits per heavy atom. The van der Waals surface area contributed by atoms with Crippen LogP contribution in [0.1, 0.15) is 47.0 Å². The monoisotopic (exact) mass is 463 g/mol. The van der Waals surface area contributed by atoms with E-state index in [4.69, 9.17) is 14.6 Å². The first-order valence-electron chi connectivity index (χ1n) is 9.53. The van der Waals surface area contributed by atoms with Crippen LogP contribution < -0.4 is 5.32 Å². The Balaban J connectivity index is 5.33. The molecule has 8 nitrogen and oxygen atoms in total. The molecule has 0 saturated carbocycles. The third-order valence-corrected chi connectivity index (χ3v) is 5.65. The first kappa shape index (κ1) is 28.8. The normalized spacial score (nSPS) is 18.0. The van der Waals surface area contributed by atoms with Gasteiger partial charge in [0.25, 0.3) is 0 Å². The molecule has 0 aliphatic carbocycles. The molecule has 4 unspecified atom stereocenters. The molecule has 0 rings (SSSR count). The highest BCUT2D eigenvalue weighted by atomic mass is 32.2. The Hall–Kier alpha value is -1.24. The van der Waals surface area contributed by atoms with Crippen LogP contribution in [0.4, 0.5) is 13.2 Å². The van der Waals surface area contributed by atoms with Crippen LogP contribution in [-0.2, 0) is 30.1 Å². The van der Waals surface area contributed by atoms with Crippen LogP contribution in [0, 0.1) is 10.8 Å². The van der Waals surface area contributed by atoms with E-state index >= 15 is 0 Å². The zero-order chi connectivity index (χ0) is 23.6. The zero-order valence-corrected chi connectivity index (χ0v) is 18.5. The van der Waals surface area contributed by atoms with Gasteiger partial charge in [0.05, 0.1) is 29.2 Å². The van der Waals surface area contributed by atoms with Crippen molar-refractivity contribution in [3.63, 3.8) is 0 Å². The fraction of sp³-hybridized carbons (Fsp3) is 0.889. The molecule has 0 fully saturated rings. The van der Waals surface area contributed by atoms with Gasteiger partial charge in [-0.2, -0.15) is 13.2 Å². The van der Waals surface area contributed by atoms with Gasteiger partial charge in [0.1, 0.15) is 13.2 Å². The van der Waals surface area contributed by atoms with Gasteiger partial charge in [0, 0.05) is 6.54 Å². The smallest absolute Gasteiger partial charge is 0.401 e. The van der Waals surface area contributed by atoms with Crippen LogP contribution in [0.5, 0.6) is 0 Å². The topological polar surface area (TPSA) is 122 Å². The Labute approximate surface area is 177 Å². The molecule has 3 N–H and O–H groups in total. The molecule has 0 aromatic carbocycles. The van der Waals surface area contributed by atoms with E-state index in [1.807, 2.05) is 0 Å². The van der Waals surface area contributed by atoms with Gasteiger partial charge in [0.15, 0.2) is 11.1 Å². The molecule has 0 aliphatic heterocycles. The second kappa shape index (κ2) is 12.6. The summed E-state index contributed by atoms with van der Waals surface area (Å²) in [7, 11) is 0. The van der Waals surface area contributed by atoms with E-state index in [-0.39, 0.29) is 45.6 Å². The number of carbonyl (C=O) groups is 2. The van der Waals surface area contributed by atoms with Crippen LogP contribution in [0.25, 0.3) is 0 Å². The summed E-state index contributed by atoms with van der Waals surface area (Å²) >= 11 is -2.23. The molecule has 0 aromatic heterocycles. The fourth-order valence-corrected chi connectivity index (χ4v) is 3.58. The molecule has 0 saturated heterocycles. The van der Waals surface area contributed by atoms with Crippen molar-refractivity contribution >= 4 is 23.0 Å². The van der Waals surface area contributed by atoms with Crippen LogP contribution >= 0.6 is 0 Å². The summed E-state index contributed by atoms with van der Waals surface area (Å²) < 4.78 is 67.4. The number of hydrogen-bond acceptors (Lipinski definition) is 7. The number of halogens is 3. The lowest BCUT2D eigenvalue weighted by Gasteiger charge is -2.37. The van der Waals surface area contributed by atoms with Gasteiger partial charge in [-0.15, -0.1) is 0 Å². The molecule has 0 amide bonds. The number of alkyl halides is 3. The highest BCUT2D eigenvalue weighted by Crippen LogP contribution is 2.42. The Morgan fingerprint density at radius 2 is 1.63 bits per heavy atom. The predicted octanol–water partition coefficient (Wildman–Crippen LogP) is 2.03. The maximum atomic E-state index is 12.8. The van der Waals surface area contributed by atoms with E-state index in [1.54, 1.807) is 13.8 Å². The Kier molecular flexibility index (Phi) is 12.1. The van der Waals surface area contributed by atoms with Crippen LogP contribution in [0.2, 0.25) is 0 Å². The summed E-state index contributed by atoms with van der Waals surface area (Å²) in [6.45, 7) is 3.85. The van der Waals surface area contributed by atoms with Gasteiger partial charge >= 0.3 is 18.1 Å². The van der Waals surface area contributed by atoms with Gasteiger partial charge in [-0.25, -0.2) is 4.21 Å². The van der Waals surface area contributed by atoms with Gasteiger partial charge in [-0.1, -0.05) is 6.92 Å². The molecule has 4 atom stereocenters. The number of esters is 2. The van der Waals surface area contributed by atoms with Crippen molar-refractivity contribution in [2.45, 2.75) is 58.4 Å². The maximum absolute atomic E-state index is 12.8. The van der Waals surface area contributed by atoms with E-state index in [0.29, 0.717) is 0 Å². The van der Waals surface area contributed by atoms with Crippen molar-refractivity contribution in [2.75, 3.05) is 32.9 Å². The summed E-state index contributed by atoms with van der Waals surface area (Å²) in [5.41, 5.74) is -2.51. The third-order valence-electron chi connectivity index (χ3n) is 4.79. The van der Waals surface area contributed by atoms with E-state index in [1.165, 1.54) is 13.8 Å². The minimum Gasteiger partial charge on any atom is -0.464 e. The predicted molar refractivity (Wildman–Crippen MR) is 104 cm³/mol. The lowest BCUT2D eigenvalue weighted by Crippen LogP contribution is -2.43. The molecule has 0 aliphatic rings. The first-order valence-corrected chi connectivity index (χ1v) is 10.7. The maximum Gasteiger partial charge on any atom is 0.401 e. The summed E-state index contributed by atoms with van der Waals surface area (Å²) in [5, 5.41) is 10.1. The van der Waals surface area contributed by atoms with Gasteiger partial charge in [-0.05, 0) is 40.0 Å². The summed E-state index contributed by atoms with van der Waals surface area (Å²) in [6, 6.07) is 0. The number of aliphatic hydroxyl groups is 1. The Morgan fingerprint density at radius 1 is 1.10 bits per heavy atom. The second-order valence-electron chi connectivity index (χ2n) is 7.73. The lowest BCUT2D eigenvalue weighted by molar-refractivity contribution is -0.165. The quantitative estimate of drug-likeness (QED) is 0.203. The number of aliphatic hydroxyl groups excluding tert-OH is 1. The van der Waals surface area contributed by atoms with Gasteiger partial charge in [0.2, 0.25) is 0 Å². The molecule has 0 spiro atoms. The molecule has 0 aromatic rings. The van der Waals surface area contributed by atoms with Crippen molar-refractivity contribution in [3.05, 3.63) is 0 Å². The first-order chi connectivity index (χ1) is 13.7. The molecular formula is C18H32F3NO7S. The molecule has 12 heteroatoms. The van der Waals surface area contributed by atoms with Crippen LogP contribution in [0.3, 0.4) is 0 Å². The number of hydrogen-bond donors (Lipinski definition) is 3. The summed E-state index contributed by atoms with van der Waals surface area (Å²) in [6.07, 6.45) is -4.27. The summed E-state index contributed by atoms with van der Waals surface area (Å²) in [4.78, 5) is 25.2. The van der Waals surface area contributed by atoms with E-state index < -0.39 is 51.8 Å². The van der Waals surface area contributed by atoms with E-state index in [9.17, 15) is 31.5 Å². The fourth-order valence-electron chi connectivity index (χ4n) is 3.07. The molecule has 178 valence electrons. The van der Waals surface area contributed by atoms with Crippen LogP contribution in [-0.4, -0.2) is 70.1 Å².